The Morgan fingerprint density at radius 2 is 2.10 bits per heavy atom. The lowest BCUT2D eigenvalue weighted by Gasteiger charge is -2.19. The molecule has 0 aromatic carbocycles. The van der Waals surface area contributed by atoms with E-state index in [2.05, 4.69) is 33.4 Å². The van der Waals surface area contributed by atoms with Gasteiger partial charge in [0, 0.05) is 25.5 Å². The van der Waals surface area contributed by atoms with E-state index in [4.69, 9.17) is 5.11 Å². The smallest absolute Gasteiger partial charge is 0.356 e. The lowest BCUT2D eigenvalue weighted by molar-refractivity contribution is 0.0690. The van der Waals surface area contributed by atoms with E-state index >= 15 is 0 Å². The highest BCUT2D eigenvalue weighted by Crippen LogP contribution is 2.13. The number of hydrogen-bond acceptors (Lipinski definition) is 5. The van der Waals surface area contributed by atoms with E-state index in [1.165, 1.54) is 12.4 Å². The summed E-state index contributed by atoms with van der Waals surface area (Å²) in [4.78, 5) is 24.9. The summed E-state index contributed by atoms with van der Waals surface area (Å²) in [6.45, 7) is 4.76. The monoisotopic (exact) mass is 275 g/mol. The maximum atomic E-state index is 10.7. The highest BCUT2D eigenvalue weighted by atomic mass is 16.4. The van der Waals surface area contributed by atoms with E-state index in [1.54, 1.807) is 6.20 Å². The Labute approximate surface area is 116 Å². The van der Waals surface area contributed by atoms with Crippen LogP contribution in [-0.2, 0) is 6.54 Å². The standard InChI is InChI=1S/C13H17N5O2/c1-9(2)18-5-4-14-12(18)8-17(3)11-7-15-10(6-16-11)13(19)20/h4-7,9H,8H2,1-3H3,(H,19,20). The van der Waals surface area contributed by atoms with Crippen LogP contribution in [-0.4, -0.2) is 37.6 Å². The van der Waals surface area contributed by atoms with Crippen LogP contribution < -0.4 is 4.90 Å². The lowest BCUT2D eigenvalue weighted by atomic mass is 10.3. The maximum absolute atomic E-state index is 10.7. The molecule has 0 aliphatic carbocycles. The first-order valence-electron chi connectivity index (χ1n) is 6.27. The Bertz CT molecular complexity index is 591. The minimum Gasteiger partial charge on any atom is -0.476 e. The molecule has 0 unspecified atom stereocenters. The van der Waals surface area contributed by atoms with Gasteiger partial charge in [-0.2, -0.15) is 0 Å². The molecule has 7 nitrogen and oxygen atoms in total. The molecule has 2 aromatic heterocycles. The van der Waals surface area contributed by atoms with Gasteiger partial charge in [0.25, 0.3) is 0 Å². The van der Waals surface area contributed by atoms with E-state index in [9.17, 15) is 4.79 Å². The molecule has 0 amide bonds. The molecule has 2 rings (SSSR count). The number of nitrogens with zero attached hydrogens (tertiary/aromatic N) is 5. The van der Waals surface area contributed by atoms with Crippen molar-refractivity contribution in [3.8, 4) is 0 Å². The number of rotatable bonds is 5. The minimum absolute atomic E-state index is 0.0640. The second-order valence-corrected chi connectivity index (χ2v) is 4.77. The Morgan fingerprint density at radius 3 is 2.65 bits per heavy atom. The van der Waals surface area contributed by atoms with Gasteiger partial charge >= 0.3 is 5.97 Å². The Kier molecular flexibility index (Phi) is 3.97. The van der Waals surface area contributed by atoms with Gasteiger partial charge in [0.1, 0.15) is 11.6 Å². The highest BCUT2D eigenvalue weighted by molar-refractivity contribution is 5.84. The van der Waals surface area contributed by atoms with Crippen LogP contribution in [0.1, 0.15) is 36.2 Å². The molecule has 20 heavy (non-hydrogen) atoms. The summed E-state index contributed by atoms with van der Waals surface area (Å²) in [5, 5.41) is 8.79. The van der Waals surface area contributed by atoms with Crippen LogP contribution >= 0.6 is 0 Å². The quantitative estimate of drug-likeness (QED) is 0.892. The minimum atomic E-state index is -1.08. The number of carboxylic acids is 1. The molecule has 0 bridgehead atoms. The molecule has 1 N–H and O–H groups in total. The number of aromatic nitrogens is 4. The van der Waals surface area contributed by atoms with Crippen molar-refractivity contribution in [1.29, 1.82) is 0 Å². The zero-order valence-electron chi connectivity index (χ0n) is 11.7. The average Bonchev–Trinajstić information content (AvgIpc) is 2.87. The normalized spacial score (nSPS) is 10.8. The van der Waals surface area contributed by atoms with E-state index in [1.807, 2.05) is 18.1 Å². The maximum Gasteiger partial charge on any atom is 0.356 e. The fourth-order valence-corrected chi connectivity index (χ4v) is 1.86. The van der Waals surface area contributed by atoms with Crippen molar-refractivity contribution in [2.45, 2.75) is 26.4 Å². The van der Waals surface area contributed by atoms with Crippen LogP contribution in [0.15, 0.2) is 24.8 Å². The number of carboxylic acid groups (broad SMARTS) is 1. The Morgan fingerprint density at radius 1 is 1.35 bits per heavy atom. The summed E-state index contributed by atoms with van der Waals surface area (Å²) < 4.78 is 2.08. The molecule has 0 spiro atoms. The van der Waals surface area contributed by atoms with Gasteiger partial charge in [-0.1, -0.05) is 0 Å². The number of carbonyl (C=O) groups is 1. The number of aromatic carboxylic acids is 1. The largest absolute Gasteiger partial charge is 0.476 e. The number of imidazole rings is 1. The van der Waals surface area contributed by atoms with Crippen molar-refractivity contribution < 1.29 is 9.90 Å². The summed E-state index contributed by atoms with van der Waals surface area (Å²) >= 11 is 0. The van der Waals surface area contributed by atoms with Gasteiger partial charge < -0.3 is 14.6 Å². The molecule has 0 atom stereocenters. The predicted octanol–water partition coefficient (Wildman–Crippen LogP) is 1.59. The fourth-order valence-electron chi connectivity index (χ4n) is 1.86. The molecule has 0 fully saturated rings. The van der Waals surface area contributed by atoms with E-state index in [0.717, 1.165) is 5.82 Å². The summed E-state index contributed by atoms with van der Waals surface area (Å²) in [5.41, 5.74) is -0.0640. The van der Waals surface area contributed by atoms with Crippen LogP contribution in [0.2, 0.25) is 0 Å². The third kappa shape index (κ3) is 2.93. The molecular weight excluding hydrogens is 258 g/mol. The molecule has 0 radical (unpaired) electrons. The van der Waals surface area contributed by atoms with Crippen LogP contribution in [0, 0.1) is 0 Å². The zero-order chi connectivity index (χ0) is 14.7. The summed E-state index contributed by atoms with van der Waals surface area (Å²) in [5.74, 6) is 0.446. The number of hydrogen-bond donors (Lipinski definition) is 1. The predicted molar refractivity (Wildman–Crippen MR) is 73.7 cm³/mol. The molecule has 106 valence electrons. The lowest BCUT2D eigenvalue weighted by Crippen LogP contribution is -2.21. The molecule has 0 aliphatic rings. The van der Waals surface area contributed by atoms with Crippen LogP contribution in [0.25, 0.3) is 0 Å². The molecule has 0 saturated carbocycles. The first-order valence-corrected chi connectivity index (χ1v) is 6.27. The second-order valence-electron chi connectivity index (χ2n) is 4.77. The van der Waals surface area contributed by atoms with Gasteiger partial charge in [0.2, 0.25) is 0 Å². The van der Waals surface area contributed by atoms with Crippen molar-refractivity contribution in [2.75, 3.05) is 11.9 Å². The van der Waals surface area contributed by atoms with Crippen LogP contribution in [0.5, 0.6) is 0 Å². The van der Waals surface area contributed by atoms with Crippen LogP contribution in [0.4, 0.5) is 5.82 Å². The van der Waals surface area contributed by atoms with Crippen molar-refractivity contribution >= 4 is 11.8 Å². The zero-order valence-corrected chi connectivity index (χ0v) is 11.7. The molecule has 0 aliphatic heterocycles. The molecular formula is C13H17N5O2. The van der Waals surface area contributed by atoms with Gasteiger partial charge in [-0.15, -0.1) is 0 Å². The molecule has 2 heterocycles. The van der Waals surface area contributed by atoms with Crippen molar-refractivity contribution in [3.63, 3.8) is 0 Å². The first-order chi connectivity index (χ1) is 9.49. The summed E-state index contributed by atoms with van der Waals surface area (Å²) in [6.07, 6.45) is 6.41. The molecule has 0 saturated heterocycles. The van der Waals surface area contributed by atoms with Gasteiger partial charge in [-0.3, -0.25) is 0 Å². The second kappa shape index (κ2) is 5.68. The fraction of sp³-hybridized carbons (Fsp3) is 0.385. The van der Waals surface area contributed by atoms with Crippen LogP contribution in [0.3, 0.4) is 0 Å². The summed E-state index contributed by atoms with van der Waals surface area (Å²) in [6, 6.07) is 0.335. The Balaban J connectivity index is 2.13. The van der Waals surface area contributed by atoms with E-state index in [-0.39, 0.29) is 5.69 Å². The Hall–Kier alpha value is -2.44. The SMILES string of the molecule is CC(C)n1ccnc1CN(C)c1cnc(C(=O)O)cn1. The van der Waals surface area contributed by atoms with Crippen molar-refractivity contribution in [3.05, 3.63) is 36.3 Å². The third-order valence-corrected chi connectivity index (χ3v) is 2.93. The van der Waals surface area contributed by atoms with E-state index in [0.29, 0.717) is 18.4 Å². The van der Waals surface area contributed by atoms with E-state index < -0.39 is 5.97 Å². The number of anilines is 1. The van der Waals surface area contributed by atoms with Gasteiger partial charge in [-0.25, -0.2) is 19.7 Å². The summed E-state index contributed by atoms with van der Waals surface area (Å²) in [7, 11) is 1.86. The molecule has 7 heteroatoms. The van der Waals surface area contributed by atoms with Gasteiger partial charge in [-0.05, 0) is 13.8 Å². The highest BCUT2D eigenvalue weighted by Gasteiger charge is 2.11. The van der Waals surface area contributed by atoms with Crippen molar-refractivity contribution in [1.82, 2.24) is 19.5 Å². The van der Waals surface area contributed by atoms with Gasteiger partial charge in [0.05, 0.1) is 18.9 Å². The molecule has 2 aromatic rings. The van der Waals surface area contributed by atoms with Crippen molar-refractivity contribution in [2.24, 2.45) is 0 Å². The third-order valence-electron chi connectivity index (χ3n) is 2.93. The topological polar surface area (TPSA) is 84.1 Å². The van der Waals surface area contributed by atoms with Gasteiger partial charge in [0.15, 0.2) is 5.69 Å². The first kappa shape index (κ1) is 14.0. The average molecular weight is 275 g/mol.